The SMILES string of the molecule is CN1CC2(CCN(NC(=O)/C=C\n3cnc(-c4cc(C(F)(F)F)cc(C(F)(F)F)c4)n3)C2=O)C1. The van der Waals surface area contributed by atoms with E-state index >= 15 is 0 Å². The molecule has 1 aromatic carbocycles. The van der Waals surface area contributed by atoms with Crippen molar-refractivity contribution in [3.05, 3.63) is 41.7 Å². The van der Waals surface area contributed by atoms with Crippen molar-refractivity contribution < 1.29 is 35.9 Å². The van der Waals surface area contributed by atoms with Gasteiger partial charge in [0, 0.05) is 37.5 Å². The summed E-state index contributed by atoms with van der Waals surface area (Å²) >= 11 is 0. The fourth-order valence-corrected chi connectivity index (χ4v) is 4.08. The summed E-state index contributed by atoms with van der Waals surface area (Å²) in [5.41, 5.74) is -1.50. The number of rotatable bonds is 4. The number of hydrazine groups is 1. The summed E-state index contributed by atoms with van der Waals surface area (Å²) < 4.78 is 79.3. The van der Waals surface area contributed by atoms with Gasteiger partial charge in [0.1, 0.15) is 6.33 Å². The molecule has 34 heavy (non-hydrogen) atoms. The van der Waals surface area contributed by atoms with Gasteiger partial charge in [0.05, 0.1) is 16.5 Å². The largest absolute Gasteiger partial charge is 0.416 e. The third-order valence-corrected chi connectivity index (χ3v) is 5.64. The molecule has 182 valence electrons. The Labute approximate surface area is 188 Å². The van der Waals surface area contributed by atoms with E-state index in [4.69, 9.17) is 0 Å². The van der Waals surface area contributed by atoms with Crippen LogP contribution in [0.2, 0.25) is 0 Å². The Hall–Kier alpha value is -3.42. The first-order valence-corrected chi connectivity index (χ1v) is 9.97. The number of nitrogens with one attached hydrogen (secondary N) is 1. The van der Waals surface area contributed by atoms with E-state index < -0.39 is 46.2 Å². The average Bonchev–Trinajstić information content (AvgIpc) is 3.31. The number of benzene rings is 1. The molecule has 2 aromatic rings. The van der Waals surface area contributed by atoms with Gasteiger partial charge in [0.25, 0.3) is 5.91 Å². The van der Waals surface area contributed by atoms with Crippen LogP contribution in [0.5, 0.6) is 0 Å². The number of hydrogen-bond acceptors (Lipinski definition) is 5. The second kappa shape index (κ2) is 8.11. The molecule has 0 radical (unpaired) electrons. The number of hydrogen-bond donors (Lipinski definition) is 1. The van der Waals surface area contributed by atoms with Gasteiger partial charge in [-0.2, -0.15) is 26.3 Å². The van der Waals surface area contributed by atoms with E-state index in [0.717, 1.165) is 23.3 Å². The number of carbonyl (C=O) groups excluding carboxylic acids is 2. The van der Waals surface area contributed by atoms with Crippen molar-refractivity contribution >= 4 is 18.0 Å². The van der Waals surface area contributed by atoms with Crippen LogP contribution in [0.4, 0.5) is 26.3 Å². The molecule has 1 spiro atoms. The van der Waals surface area contributed by atoms with Gasteiger partial charge in [-0.15, -0.1) is 5.10 Å². The summed E-state index contributed by atoms with van der Waals surface area (Å²) in [5.74, 6) is -1.23. The van der Waals surface area contributed by atoms with Gasteiger partial charge in [-0.1, -0.05) is 0 Å². The van der Waals surface area contributed by atoms with Crippen molar-refractivity contribution in [3.63, 3.8) is 0 Å². The minimum atomic E-state index is -5.00. The summed E-state index contributed by atoms with van der Waals surface area (Å²) in [7, 11) is 1.89. The van der Waals surface area contributed by atoms with E-state index in [1.807, 2.05) is 11.9 Å². The normalized spacial score (nSPS) is 18.7. The minimum Gasteiger partial charge on any atom is -0.304 e. The molecule has 3 heterocycles. The highest BCUT2D eigenvalue weighted by molar-refractivity contribution is 5.93. The Morgan fingerprint density at radius 3 is 2.26 bits per heavy atom. The van der Waals surface area contributed by atoms with E-state index in [9.17, 15) is 35.9 Å². The molecule has 2 fully saturated rings. The van der Waals surface area contributed by atoms with Crippen LogP contribution < -0.4 is 5.43 Å². The zero-order valence-electron chi connectivity index (χ0n) is 17.6. The first kappa shape index (κ1) is 23.7. The molecule has 0 saturated carbocycles. The Balaban J connectivity index is 1.46. The van der Waals surface area contributed by atoms with Crippen molar-refractivity contribution in [2.75, 3.05) is 26.7 Å². The molecule has 2 aliphatic heterocycles. The predicted molar refractivity (Wildman–Crippen MR) is 105 cm³/mol. The van der Waals surface area contributed by atoms with Gasteiger partial charge >= 0.3 is 12.4 Å². The molecule has 2 aliphatic rings. The van der Waals surface area contributed by atoms with Crippen LogP contribution >= 0.6 is 0 Å². The standard InChI is InChI=1S/C20H18F6N6O2/c1-30-9-18(10-30)3-5-32(17(18)34)28-15(33)2-4-31-11-27-16(29-31)12-6-13(19(21,22)23)8-14(7-12)20(24,25)26/h2,4,6-8,11H,3,5,9-10H2,1H3,(H,28,33)/b4-2-. The molecule has 1 N–H and O–H groups in total. The number of alkyl halides is 6. The molecule has 0 aliphatic carbocycles. The lowest BCUT2D eigenvalue weighted by atomic mass is 9.79. The van der Waals surface area contributed by atoms with Crippen molar-refractivity contribution in [1.82, 2.24) is 30.1 Å². The molecule has 1 aromatic heterocycles. The third kappa shape index (κ3) is 4.62. The van der Waals surface area contributed by atoms with Gasteiger partial charge in [-0.25, -0.2) is 9.67 Å². The minimum absolute atomic E-state index is 0.0101. The summed E-state index contributed by atoms with van der Waals surface area (Å²) in [6, 6.07) is 1.03. The van der Waals surface area contributed by atoms with E-state index in [-0.39, 0.29) is 12.0 Å². The average molecular weight is 488 g/mol. The lowest BCUT2D eigenvalue weighted by molar-refractivity contribution is -0.148. The molecular weight excluding hydrogens is 470 g/mol. The van der Waals surface area contributed by atoms with Crippen LogP contribution in [0.1, 0.15) is 17.5 Å². The Morgan fingerprint density at radius 2 is 1.71 bits per heavy atom. The van der Waals surface area contributed by atoms with Crippen LogP contribution in [0.25, 0.3) is 17.6 Å². The Kier molecular flexibility index (Phi) is 5.66. The number of aromatic nitrogens is 3. The molecule has 8 nitrogen and oxygen atoms in total. The van der Waals surface area contributed by atoms with Crippen molar-refractivity contribution in [2.45, 2.75) is 18.8 Å². The van der Waals surface area contributed by atoms with Crippen molar-refractivity contribution in [1.29, 1.82) is 0 Å². The fourth-order valence-electron chi connectivity index (χ4n) is 4.08. The highest BCUT2D eigenvalue weighted by atomic mass is 19.4. The topological polar surface area (TPSA) is 83.4 Å². The van der Waals surface area contributed by atoms with Crippen molar-refractivity contribution in [2.24, 2.45) is 5.41 Å². The van der Waals surface area contributed by atoms with Crippen LogP contribution in [-0.2, 0) is 21.9 Å². The van der Waals surface area contributed by atoms with E-state index in [2.05, 4.69) is 15.5 Å². The van der Waals surface area contributed by atoms with Crippen LogP contribution in [0.15, 0.2) is 30.6 Å². The van der Waals surface area contributed by atoms with Gasteiger partial charge in [-0.05, 0) is 31.7 Å². The summed E-state index contributed by atoms with van der Waals surface area (Å²) in [6.07, 6.45) is -6.25. The highest BCUT2D eigenvalue weighted by Crippen LogP contribution is 2.39. The number of halogens is 6. The fraction of sp³-hybridized carbons (Fsp3) is 0.400. The molecule has 0 unspecified atom stereocenters. The first-order chi connectivity index (χ1) is 15.8. The first-order valence-electron chi connectivity index (χ1n) is 9.97. The molecule has 2 saturated heterocycles. The molecule has 4 rings (SSSR count). The van der Waals surface area contributed by atoms with Crippen LogP contribution in [0, 0.1) is 5.41 Å². The molecular formula is C20H18F6N6O2. The van der Waals surface area contributed by atoms with Gasteiger partial charge < -0.3 is 4.90 Å². The maximum absolute atomic E-state index is 13.1. The summed E-state index contributed by atoms with van der Waals surface area (Å²) in [5, 5.41) is 5.05. The third-order valence-electron chi connectivity index (χ3n) is 5.64. The highest BCUT2D eigenvalue weighted by Gasteiger charge is 2.53. The predicted octanol–water partition coefficient (Wildman–Crippen LogP) is 2.65. The van der Waals surface area contributed by atoms with Gasteiger partial charge in [0.15, 0.2) is 5.82 Å². The second-order valence-corrected chi connectivity index (χ2v) is 8.29. The molecule has 0 atom stereocenters. The Bertz CT molecular complexity index is 1120. The van der Waals surface area contributed by atoms with Gasteiger partial charge in [-0.3, -0.25) is 20.0 Å². The number of carbonyl (C=O) groups is 2. The zero-order chi connectivity index (χ0) is 24.9. The van der Waals surface area contributed by atoms with E-state index in [1.54, 1.807) is 0 Å². The monoisotopic (exact) mass is 488 g/mol. The van der Waals surface area contributed by atoms with Crippen molar-refractivity contribution in [3.8, 4) is 11.4 Å². The number of amides is 2. The quantitative estimate of drug-likeness (QED) is 0.529. The number of likely N-dealkylation sites (tertiary alicyclic amines) is 1. The zero-order valence-corrected chi connectivity index (χ0v) is 17.6. The maximum Gasteiger partial charge on any atom is 0.416 e. The van der Waals surface area contributed by atoms with Gasteiger partial charge in [0.2, 0.25) is 5.91 Å². The lowest BCUT2D eigenvalue weighted by Crippen LogP contribution is -2.59. The molecule has 14 heteroatoms. The maximum atomic E-state index is 13.1. The van der Waals surface area contributed by atoms with Crippen LogP contribution in [-0.4, -0.2) is 63.2 Å². The van der Waals surface area contributed by atoms with E-state index in [1.165, 1.54) is 5.01 Å². The molecule has 0 bridgehead atoms. The number of nitrogens with zero attached hydrogens (tertiary/aromatic N) is 5. The Morgan fingerprint density at radius 1 is 1.09 bits per heavy atom. The molecule has 2 amide bonds. The smallest absolute Gasteiger partial charge is 0.304 e. The van der Waals surface area contributed by atoms with Crippen LogP contribution in [0.3, 0.4) is 0 Å². The summed E-state index contributed by atoms with van der Waals surface area (Å²) in [6.45, 7) is 1.58. The van der Waals surface area contributed by atoms with E-state index in [0.29, 0.717) is 38.2 Å². The second-order valence-electron chi connectivity index (χ2n) is 8.29. The summed E-state index contributed by atoms with van der Waals surface area (Å²) in [4.78, 5) is 30.4. The lowest BCUT2D eigenvalue weighted by Gasteiger charge is -2.44.